The van der Waals surface area contributed by atoms with Crippen molar-refractivity contribution in [1.29, 1.82) is 0 Å². The highest BCUT2D eigenvalue weighted by Crippen LogP contribution is 2.45. The highest BCUT2D eigenvalue weighted by molar-refractivity contribution is 6.19. The van der Waals surface area contributed by atoms with Crippen molar-refractivity contribution in [3.8, 4) is 5.88 Å². The normalized spacial score (nSPS) is 15.4. The Balaban J connectivity index is 2.07. The summed E-state index contributed by atoms with van der Waals surface area (Å²) in [5.41, 5.74) is 3.32. The lowest BCUT2D eigenvalue weighted by molar-refractivity contribution is 0.102. The summed E-state index contributed by atoms with van der Waals surface area (Å²) in [7, 11) is 1.57. The Kier molecular flexibility index (Phi) is 2.71. The van der Waals surface area contributed by atoms with Gasteiger partial charge in [0.2, 0.25) is 5.88 Å². The molecule has 0 bridgehead atoms. The van der Waals surface area contributed by atoms with Crippen LogP contribution in [0.5, 0.6) is 5.88 Å². The van der Waals surface area contributed by atoms with E-state index in [0.29, 0.717) is 28.5 Å². The summed E-state index contributed by atoms with van der Waals surface area (Å²) in [6, 6.07) is 9.45. The molecule has 0 aliphatic heterocycles. The van der Waals surface area contributed by atoms with Crippen LogP contribution in [0.4, 0.5) is 0 Å². The smallest absolute Gasteiger partial charge is 0.213 e. The first kappa shape index (κ1) is 14.0. The highest BCUT2D eigenvalue weighted by Gasteiger charge is 2.43. The Bertz CT molecular complexity index is 966. The largest absolute Gasteiger partial charge is 0.481 e. The van der Waals surface area contributed by atoms with E-state index in [4.69, 9.17) is 9.15 Å². The van der Waals surface area contributed by atoms with Gasteiger partial charge >= 0.3 is 0 Å². The number of aromatic nitrogens is 1. The zero-order chi connectivity index (χ0) is 16.4. The number of ether oxygens (including phenoxy) is 1. The second-order valence-electron chi connectivity index (χ2n) is 6.51. The van der Waals surface area contributed by atoms with E-state index in [1.807, 2.05) is 39.0 Å². The van der Waals surface area contributed by atoms with Gasteiger partial charge in [-0.3, -0.25) is 4.79 Å². The van der Waals surface area contributed by atoms with E-state index in [1.54, 1.807) is 19.2 Å². The van der Waals surface area contributed by atoms with Crippen LogP contribution in [0.3, 0.4) is 0 Å². The fourth-order valence-corrected chi connectivity index (χ4v) is 3.33. The van der Waals surface area contributed by atoms with Crippen LogP contribution in [0, 0.1) is 6.92 Å². The van der Waals surface area contributed by atoms with Crippen molar-refractivity contribution in [3.63, 3.8) is 0 Å². The van der Waals surface area contributed by atoms with Crippen LogP contribution in [0.15, 0.2) is 34.7 Å². The molecule has 1 aromatic carbocycles. The number of furan rings is 1. The van der Waals surface area contributed by atoms with Gasteiger partial charge in [-0.1, -0.05) is 12.1 Å². The maximum atomic E-state index is 13.0. The summed E-state index contributed by atoms with van der Waals surface area (Å²) in [6.45, 7) is 6.06. The lowest BCUT2D eigenvalue weighted by atomic mass is 9.74. The number of hydrogen-bond acceptors (Lipinski definition) is 4. The number of ketones is 1. The van der Waals surface area contributed by atoms with Crippen molar-refractivity contribution in [2.75, 3.05) is 7.11 Å². The quantitative estimate of drug-likeness (QED) is 0.681. The van der Waals surface area contributed by atoms with E-state index < -0.39 is 5.41 Å². The number of nitrogens with zero attached hydrogens (tertiary/aromatic N) is 1. The third-order valence-electron chi connectivity index (χ3n) is 4.56. The molecular weight excluding hydrogens is 290 g/mol. The molecule has 0 unspecified atom stereocenters. The summed E-state index contributed by atoms with van der Waals surface area (Å²) in [5.74, 6) is 1.14. The summed E-state index contributed by atoms with van der Waals surface area (Å²) in [6.07, 6.45) is 0. The molecule has 0 radical (unpaired) electrons. The molecule has 4 nitrogen and oxygen atoms in total. The maximum absolute atomic E-state index is 13.0. The third-order valence-corrected chi connectivity index (χ3v) is 4.56. The standard InChI is InChI=1S/C19H17NO3/c1-10-5-6-11-13(9-10)23-18-15(11)16(21)12-7-8-14(22-4)20-17(12)19(18,2)3/h5-9H,1-4H3. The van der Waals surface area contributed by atoms with Gasteiger partial charge in [0.1, 0.15) is 11.3 Å². The van der Waals surface area contributed by atoms with Gasteiger partial charge in [0.15, 0.2) is 5.78 Å². The minimum atomic E-state index is -0.500. The summed E-state index contributed by atoms with van der Waals surface area (Å²) >= 11 is 0. The van der Waals surface area contributed by atoms with E-state index in [0.717, 1.165) is 16.5 Å². The van der Waals surface area contributed by atoms with Gasteiger partial charge in [-0.15, -0.1) is 0 Å². The molecule has 1 aliphatic carbocycles. The summed E-state index contributed by atoms with van der Waals surface area (Å²) < 4.78 is 11.3. The van der Waals surface area contributed by atoms with Crippen molar-refractivity contribution in [2.45, 2.75) is 26.2 Å². The number of hydrogen-bond donors (Lipinski definition) is 0. The van der Waals surface area contributed by atoms with Crippen LogP contribution in [0.25, 0.3) is 11.0 Å². The molecule has 0 amide bonds. The summed E-state index contributed by atoms with van der Waals surface area (Å²) in [5, 5.41) is 0.866. The molecule has 4 heteroatoms. The van der Waals surface area contributed by atoms with E-state index in [9.17, 15) is 4.79 Å². The number of fused-ring (bicyclic) bond motifs is 4. The molecule has 0 saturated carbocycles. The molecule has 2 heterocycles. The van der Waals surface area contributed by atoms with Gasteiger partial charge in [-0.25, -0.2) is 4.98 Å². The number of rotatable bonds is 1. The topological polar surface area (TPSA) is 52.3 Å². The molecule has 1 aliphatic rings. The third kappa shape index (κ3) is 1.78. The average Bonchev–Trinajstić information content (AvgIpc) is 2.92. The molecule has 23 heavy (non-hydrogen) atoms. The number of methoxy groups -OCH3 is 1. The number of carbonyl (C=O) groups is 1. The molecular formula is C19H17NO3. The minimum Gasteiger partial charge on any atom is -0.481 e. The molecule has 3 aromatic rings. The van der Waals surface area contributed by atoms with Crippen LogP contribution in [-0.4, -0.2) is 17.9 Å². The SMILES string of the molecule is COc1ccc2c(n1)C(C)(C)c1oc3cc(C)ccc3c1C2=O. The van der Waals surface area contributed by atoms with Crippen molar-refractivity contribution in [1.82, 2.24) is 4.98 Å². The zero-order valence-electron chi connectivity index (χ0n) is 13.6. The van der Waals surface area contributed by atoms with Gasteiger partial charge in [0.05, 0.1) is 23.8 Å². The van der Waals surface area contributed by atoms with Crippen molar-refractivity contribution in [3.05, 3.63) is 58.5 Å². The van der Waals surface area contributed by atoms with Gasteiger partial charge in [0.25, 0.3) is 0 Å². The number of carbonyl (C=O) groups excluding carboxylic acids is 1. The van der Waals surface area contributed by atoms with Crippen molar-refractivity contribution < 1.29 is 13.9 Å². The van der Waals surface area contributed by atoms with Gasteiger partial charge in [0, 0.05) is 17.0 Å². The lowest BCUT2D eigenvalue weighted by Gasteiger charge is -2.29. The maximum Gasteiger partial charge on any atom is 0.213 e. The zero-order valence-corrected chi connectivity index (χ0v) is 13.6. The van der Waals surface area contributed by atoms with E-state index >= 15 is 0 Å². The van der Waals surface area contributed by atoms with E-state index in [-0.39, 0.29) is 5.78 Å². The van der Waals surface area contributed by atoms with Crippen LogP contribution in [-0.2, 0) is 5.41 Å². The first-order chi connectivity index (χ1) is 10.9. The van der Waals surface area contributed by atoms with Gasteiger partial charge in [-0.05, 0) is 38.5 Å². The predicted octanol–water partition coefficient (Wildman–Crippen LogP) is 4.02. The van der Waals surface area contributed by atoms with Crippen molar-refractivity contribution in [2.24, 2.45) is 0 Å². The Hall–Kier alpha value is -2.62. The summed E-state index contributed by atoms with van der Waals surface area (Å²) in [4.78, 5) is 17.5. The lowest BCUT2D eigenvalue weighted by Crippen LogP contribution is -2.30. The fourth-order valence-electron chi connectivity index (χ4n) is 3.33. The van der Waals surface area contributed by atoms with Crippen LogP contribution >= 0.6 is 0 Å². The second-order valence-corrected chi connectivity index (χ2v) is 6.51. The highest BCUT2D eigenvalue weighted by atomic mass is 16.5. The number of benzene rings is 1. The Morgan fingerprint density at radius 1 is 1.17 bits per heavy atom. The van der Waals surface area contributed by atoms with Crippen LogP contribution in [0.2, 0.25) is 0 Å². The molecule has 0 saturated heterocycles. The predicted molar refractivity (Wildman–Crippen MR) is 87.3 cm³/mol. The molecule has 0 N–H and O–H groups in total. The molecule has 0 atom stereocenters. The first-order valence-corrected chi connectivity index (χ1v) is 7.57. The van der Waals surface area contributed by atoms with E-state index in [2.05, 4.69) is 4.98 Å². The molecule has 0 fully saturated rings. The molecule has 116 valence electrons. The Morgan fingerprint density at radius 3 is 2.70 bits per heavy atom. The van der Waals surface area contributed by atoms with Gasteiger partial charge in [-0.2, -0.15) is 0 Å². The Labute approximate surface area is 134 Å². The van der Waals surface area contributed by atoms with Crippen LogP contribution in [0.1, 0.15) is 46.8 Å². The average molecular weight is 307 g/mol. The number of pyridine rings is 1. The molecule has 2 aromatic heterocycles. The van der Waals surface area contributed by atoms with Crippen molar-refractivity contribution >= 4 is 16.8 Å². The Morgan fingerprint density at radius 2 is 1.96 bits per heavy atom. The second kappa shape index (κ2) is 4.44. The number of aryl methyl sites for hydroxylation is 1. The monoisotopic (exact) mass is 307 g/mol. The fraction of sp³-hybridized carbons (Fsp3) is 0.263. The minimum absolute atomic E-state index is 0.0351. The molecule has 0 spiro atoms. The van der Waals surface area contributed by atoms with Crippen LogP contribution < -0.4 is 4.74 Å². The first-order valence-electron chi connectivity index (χ1n) is 7.57. The molecule has 4 rings (SSSR count). The van der Waals surface area contributed by atoms with E-state index in [1.165, 1.54) is 0 Å². The van der Waals surface area contributed by atoms with Gasteiger partial charge < -0.3 is 9.15 Å².